The molecule has 0 atom stereocenters. The summed E-state index contributed by atoms with van der Waals surface area (Å²) in [5.74, 6) is 0. The molecule has 1 fully saturated rings. The quantitative estimate of drug-likeness (QED) is 0.840. The number of nitrogens with zero attached hydrogens (tertiary/aromatic N) is 2. The molecule has 5 heteroatoms. The molecule has 114 valence electrons. The minimum atomic E-state index is 0.517. The highest BCUT2D eigenvalue weighted by Gasteiger charge is 2.31. The topological polar surface area (TPSA) is 28.2 Å². The first-order chi connectivity index (χ1) is 10.6. The molecule has 0 radical (unpaired) electrons. The van der Waals surface area contributed by atoms with Crippen LogP contribution in [-0.2, 0) is 6.54 Å². The fraction of sp³-hybridized carbons (Fsp3) is 0.294. The molecule has 1 aromatic carbocycles. The highest BCUT2D eigenvalue weighted by Crippen LogP contribution is 2.30. The Labute approximate surface area is 141 Å². The van der Waals surface area contributed by atoms with E-state index in [-0.39, 0.29) is 0 Å². The minimum Gasteiger partial charge on any atom is -0.342 e. The van der Waals surface area contributed by atoms with Crippen LogP contribution in [0, 0.1) is 6.92 Å². The van der Waals surface area contributed by atoms with Gasteiger partial charge in [0.2, 0.25) is 0 Å². The lowest BCUT2D eigenvalue weighted by atomic mass is 10.2. The van der Waals surface area contributed by atoms with Gasteiger partial charge in [-0.3, -0.25) is 4.98 Å². The zero-order chi connectivity index (χ0) is 15.5. The van der Waals surface area contributed by atoms with Crippen LogP contribution in [0.25, 0.3) is 0 Å². The van der Waals surface area contributed by atoms with Gasteiger partial charge in [-0.2, -0.15) is 0 Å². The van der Waals surface area contributed by atoms with Gasteiger partial charge in [-0.1, -0.05) is 29.8 Å². The van der Waals surface area contributed by atoms with Crippen molar-refractivity contribution in [2.75, 3.05) is 5.32 Å². The van der Waals surface area contributed by atoms with Crippen LogP contribution in [0.15, 0.2) is 42.7 Å². The first-order valence-electron chi connectivity index (χ1n) is 7.37. The molecule has 3 rings (SSSR count). The Hall–Kier alpha value is -1.65. The average molecular weight is 332 g/mol. The van der Waals surface area contributed by atoms with Gasteiger partial charge in [0.1, 0.15) is 0 Å². The van der Waals surface area contributed by atoms with Gasteiger partial charge in [0.15, 0.2) is 5.11 Å². The van der Waals surface area contributed by atoms with Crippen molar-refractivity contribution in [2.45, 2.75) is 32.4 Å². The van der Waals surface area contributed by atoms with Crippen LogP contribution in [-0.4, -0.2) is 21.0 Å². The molecule has 0 bridgehead atoms. The predicted molar refractivity (Wildman–Crippen MR) is 95.2 cm³/mol. The zero-order valence-electron chi connectivity index (χ0n) is 12.4. The maximum Gasteiger partial charge on any atom is 0.174 e. The van der Waals surface area contributed by atoms with Crippen LogP contribution in [0.3, 0.4) is 0 Å². The Bertz CT molecular complexity index is 671. The second kappa shape index (κ2) is 6.63. The summed E-state index contributed by atoms with van der Waals surface area (Å²) < 4.78 is 0. The number of nitrogens with one attached hydrogen (secondary N) is 1. The number of benzene rings is 1. The van der Waals surface area contributed by atoms with Crippen molar-refractivity contribution in [3.05, 3.63) is 58.9 Å². The van der Waals surface area contributed by atoms with E-state index < -0.39 is 0 Å². The number of thiocarbonyl (C=S) groups is 1. The first-order valence-corrected chi connectivity index (χ1v) is 8.15. The minimum absolute atomic E-state index is 0.517. The molecular formula is C17H18ClN3S. The number of hydrogen-bond acceptors (Lipinski definition) is 2. The van der Waals surface area contributed by atoms with E-state index in [1.807, 2.05) is 37.4 Å². The van der Waals surface area contributed by atoms with Gasteiger partial charge in [-0.25, -0.2) is 0 Å². The van der Waals surface area contributed by atoms with E-state index in [1.54, 1.807) is 6.20 Å². The number of rotatable bonds is 4. The lowest BCUT2D eigenvalue weighted by Gasteiger charge is -2.26. The molecule has 0 saturated heterocycles. The largest absolute Gasteiger partial charge is 0.342 e. The lowest BCUT2D eigenvalue weighted by Crippen LogP contribution is -2.36. The van der Waals surface area contributed by atoms with Gasteiger partial charge in [0.25, 0.3) is 0 Å². The summed E-state index contributed by atoms with van der Waals surface area (Å²) >= 11 is 12.0. The SMILES string of the molecule is Cc1cccc(NC(=S)N(Cc2cccnc2)C2CC2)c1Cl. The van der Waals surface area contributed by atoms with Crippen molar-refractivity contribution in [2.24, 2.45) is 0 Å². The van der Waals surface area contributed by atoms with Crippen molar-refractivity contribution in [1.29, 1.82) is 0 Å². The standard InChI is InChI=1S/C17H18ClN3S/c1-12-4-2-6-15(16(12)18)20-17(22)21(14-7-8-14)11-13-5-3-9-19-10-13/h2-6,9-10,14H,7-8,11H2,1H3,(H,20,22). The number of aromatic nitrogens is 1. The van der Waals surface area contributed by atoms with Crippen molar-refractivity contribution in [3.8, 4) is 0 Å². The van der Waals surface area contributed by atoms with Crippen molar-refractivity contribution in [3.63, 3.8) is 0 Å². The van der Waals surface area contributed by atoms with E-state index in [9.17, 15) is 0 Å². The van der Waals surface area contributed by atoms with Crippen LogP contribution in [0.1, 0.15) is 24.0 Å². The van der Waals surface area contributed by atoms with Gasteiger partial charge in [-0.15, -0.1) is 0 Å². The number of aryl methyl sites for hydroxylation is 1. The molecule has 1 N–H and O–H groups in total. The Balaban J connectivity index is 1.74. The number of halogens is 1. The Morgan fingerprint density at radius 2 is 2.18 bits per heavy atom. The average Bonchev–Trinajstić information content (AvgIpc) is 3.35. The molecule has 3 nitrogen and oxygen atoms in total. The van der Waals surface area contributed by atoms with Crippen LogP contribution in [0.4, 0.5) is 5.69 Å². The molecule has 1 aliphatic carbocycles. The highest BCUT2D eigenvalue weighted by atomic mass is 35.5. The van der Waals surface area contributed by atoms with E-state index >= 15 is 0 Å². The smallest absolute Gasteiger partial charge is 0.174 e. The molecule has 0 amide bonds. The maximum atomic E-state index is 6.35. The van der Waals surface area contributed by atoms with Crippen LogP contribution in [0.5, 0.6) is 0 Å². The summed E-state index contributed by atoms with van der Waals surface area (Å²) in [6.07, 6.45) is 6.04. The van der Waals surface area contributed by atoms with Crippen LogP contribution < -0.4 is 5.32 Å². The van der Waals surface area contributed by atoms with Gasteiger partial charge < -0.3 is 10.2 Å². The molecule has 2 aromatic rings. The van der Waals surface area contributed by atoms with Gasteiger partial charge >= 0.3 is 0 Å². The third kappa shape index (κ3) is 3.57. The molecule has 0 aliphatic heterocycles. The van der Waals surface area contributed by atoms with Crippen LogP contribution in [0.2, 0.25) is 5.02 Å². The summed E-state index contributed by atoms with van der Waals surface area (Å²) in [6.45, 7) is 2.76. The van der Waals surface area contributed by atoms with E-state index in [2.05, 4.69) is 21.3 Å². The summed E-state index contributed by atoms with van der Waals surface area (Å²) in [4.78, 5) is 6.40. The Morgan fingerprint density at radius 3 is 2.86 bits per heavy atom. The van der Waals surface area contributed by atoms with E-state index in [0.717, 1.165) is 33.5 Å². The van der Waals surface area contributed by atoms with E-state index in [0.29, 0.717) is 6.04 Å². The molecule has 1 heterocycles. The summed E-state index contributed by atoms with van der Waals surface area (Å²) in [5, 5.41) is 4.74. The maximum absolute atomic E-state index is 6.35. The monoisotopic (exact) mass is 331 g/mol. The lowest BCUT2D eigenvalue weighted by molar-refractivity contribution is 0.409. The zero-order valence-corrected chi connectivity index (χ0v) is 14.0. The molecule has 0 unspecified atom stereocenters. The number of hydrogen-bond donors (Lipinski definition) is 1. The van der Waals surface area contributed by atoms with Gasteiger partial charge in [0.05, 0.1) is 10.7 Å². The van der Waals surface area contributed by atoms with Crippen molar-refractivity contribution < 1.29 is 0 Å². The van der Waals surface area contributed by atoms with Crippen molar-refractivity contribution in [1.82, 2.24) is 9.88 Å². The predicted octanol–water partition coefficient (Wildman–Crippen LogP) is 4.40. The second-order valence-electron chi connectivity index (χ2n) is 5.59. The van der Waals surface area contributed by atoms with E-state index in [1.165, 1.54) is 12.8 Å². The summed E-state index contributed by atoms with van der Waals surface area (Å²) in [6, 6.07) is 10.5. The summed E-state index contributed by atoms with van der Waals surface area (Å²) in [5.41, 5.74) is 3.07. The number of anilines is 1. The third-order valence-electron chi connectivity index (χ3n) is 3.76. The molecule has 1 aliphatic rings. The fourth-order valence-electron chi connectivity index (χ4n) is 2.37. The third-order valence-corrected chi connectivity index (χ3v) is 4.60. The summed E-state index contributed by atoms with van der Waals surface area (Å²) in [7, 11) is 0. The Morgan fingerprint density at radius 1 is 1.36 bits per heavy atom. The molecule has 1 saturated carbocycles. The van der Waals surface area contributed by atoms with Gasteiger partial charge in [-0.05, 0) is 55.2 Å². The molecular weight excluding hydrogens is 314 g/mol. The van der Waals surface area contributed by atoms with Gasteiger partial charge in [0, 0.05) is 25.0 Å². The molecule has 22 heavy (non-hydrogen) atoms. The highest BCUT2D eigenvalue weighted by molar-refractivity contribution is 7.80. The Kier molecular flexibility index (Phi) is 4.60. The fourth-order valence-corrected chi connectivity index (χ4v) is 2.87. The molecule has 0 spiro atoms. The first kappa shape index (κ1) is 15.3. The second-order valence-corrected chi connectivity index (χ2v) is 6.35. The van der Waals surface area contributed by atoms with Crippen LogP contribution >= 0.6 is 23.8 Å². The van der Waals surface area contributed by atoms with Crippen molar-refractivity contribution >= 4 is 34.6 Å². The van der Waals surface area contributed by atoms with E-state index in [4.69, 9.17) is 23.8 Å². The molecule has 1 aromatic heterocycles. The normalized spacial score (nSPS) is 13.7. The number of pyridine rings is 1.